The van der Waals surface area contributed by atoms with E-state index in [2.05, 4.69) is 5.32 Å². The molecule has 2 aromatic rings. The van der Waals surface area contributed by atoms with E-state index in [1.54, 1.807) is 6.26 Å². The van der Waals surface area contributed by atoms with Gasteiger partial charge in [0.05, 0.1) is 6.26 Å². The fourth-order valence-corrected chi connectivity index (χ4v) is 2.15. The van der Waals surface area contributed by atoms with Crippen LogP contribution < -0.4 is 5.32 Å². The molecule has 0 unspecified atom stereocenters. The molecule has 1 aliphatic heterocycles. The third kappa shape index (κ3) is 1.91. The van der Waals surface area contributed by atoms with Crippen molar-refractivity contribution < 1.29 is 9.21 Å². The Balaban J connectivity index is 1.88. The predicted octanol–water partition coefficient (Wildman–Crippen LogP) is 1.48. The van der Waals surface area contributed by atoms with Gasteiger partial charge in [0.1, 0.15) is 5.58 Å². The summed E-state index contributed by atoms with van der Waals surface area (Å²) in [5.41, 5.74) is 1.56. The second-order valence-electron chi connectivity index (χ2n) is 4.22. The first-order chi connectivity index (χ1) is 8.34. The van der Waals surface area contributed by atoms with Gasteiger partial charge in [0.15, 0.2) is 0 Å². The highest BCUT2D eigenvalue weighted by atomic mass is 16.3. The average Bonchev–Trinajstić information content (AvgIpc) is 2.86. The molecule has 1 aromatic carbocycles. The molecule has 17 heavy (non-hydrogen) atoms. The molecule has 1 saturated heterocycles. The molecule has 88 valence electrons. The maximum atomic E-state index is 12.2. The first-order valence-electron chi connectivity index (χ1n) is 5.82. The standard InChI is InChI=1S/C13H14N2O2/c16-13(15-6-4-14-5-7-15)11-1-2-12-10(9-11)3-8-17-12/h1-3,8-9,14H,4-7H2. The Morgan fingerprint density at radius 2 is 2.06 bits per heavy atom. The van der Waals surface area contributed by atoms with E-state index in [4.69, 9.17) is 4.42 Å². The van der Waals surface area contributed by atoms with Crippen LogP contribution in [-0.2, 0) is 0 Å². The average molecular weight is 230 g/mol. The summed E-state index contributed by atoms with van der Waals surface area (Å²) < 4.78 is 5.26. The number of carbonyl (C=O) groups excluding carboxylic acids is 1. The van der Waals surface area contributed by atoms with Gasteiger partial charge in [-0.25, -0.2) is 0 Å². The highest BCUT2D eigenvalue weighted by molar-refractivity contribution is 5.97. The Hall–Kier alpha value is -1.81. The number of hydrogen-bond donors (Lipinski definition) is 1. The Morgan fingerprint density at radius 3 is 2.88 bits per heavy atom. The third-order valence-electron chi connectivity index (χ3n) is 3.10. The number of hydrogen-bond acceptors (Lipinski definition) is 3. The lowest BCUT2D eigenvalue weighted by Crippen LogP contribution is -2.46. The van der Waals surface area contributed by atoms with Crippen LogP contribution in [0.2, 0.25) is 0 Å². The molecule has 2 heterocycles. The van der Waals surface area contributed by atoms with Crippen molar-refractivity contribution >= 4 is 16.9 Å². The monoisotopic (exact) mass is 230 g/mol. The molecule has 1 aromatic heterocycles. The smallest absolute Gasteiger partial charge is 0.253 e. The predicted molar refractivity (Wildman–Crippen MR) is 65.0 cm³/mol. The first-order valence-corrected chi connectivity index (χ1v) is 5.82. The number of piperazine rings is 1. The van der Waals surface area contributed by atoms with Gasteiger partial charge in [-0.3, -0.25) is 4.79 Å². The van der Waals surface area contributed by atoms with Gasteiger partial charge >= 0.3 is 0 Å². The summed E-state index contributed by atoms with van der Waals surface area (Å²) in [5.74, 6) is 0.106. The zero-order valence-electron chi connectivity index (χ0n) is 9.48. The lowest BCUT2D eigenvalue weighted by Gasteiger charge is -2.27. The second-order valence-corrected chi connectivity index (χ2v) is 4.22. The van der Waals surface area contributed by atoms with Crippen molar-refractivity contribution in [2.24, 2.45) is 0 Å². The van der Waals surface area contributed by atoms with Crippen molar-refractivity contribution in [1.82, 2.24) is 10.2 Å². The summed E-state index contributed by atoms with van der Waals surface area (Å²) in [5, 5.41) is 4.22. The highest BCUT2D eigenvalue weighted by Gasteiger charge is 2.18. The summed E-state index contributed by atoms with van der Waals surface area (Å²) in [6.45, 7) is 3.31. The number of carbonyl (C=O) groups is 1. The summed E-state index contributed by atoms with van der Waals surface area (Å²) in [7, 11) is 0. The lowest BCUT2D eigenvalue weighted by atomic mass is 10.1. The number of nitrogens with one attached hydrogen (secondary N) is 1. The van der Waals surface area contributed by atoms with Gasteiger partial charge in [-0.05, 0) is 24.3 Å². The molecule has 4 heteroatoms. The summed E-state index contributed by atoms with van der Waals surface area (Å²) in [4.78, 5) is 14.1. The van der Waals surface area contributed by atoms with Gasteiger partial charge < -0.3 is 14.6 Å². The van der Waals surface area contributed by atoms with Gasteiger partial charge in [-0.15, -0.1) is 0 Å². The number of rotatable bonds is 1. The van der Waals surface area contributed by atoms with Crippen LogP contribution in [0.25, 0.3) is 11.0 Å². The molecule has 0 bridgehead atoms. The molecule has 1 aliphatic rings. The van der Waals surface area contributed by atoms with Crippen molar-refractivity contribution in [3.05, 3.63) is 36.1 Å². The summed E-state index contributed by atoms with van der Waals surface area (Å²) in [6.07, 6.45) is 1.64. The van der Waals surface area contributed by atoms with E-state index in [1.807, 2.05) is 29.2 Å². The van der Waals surface area contributed by atoms with E-state index >= 15 is 0 Å². The molecular weight excluding hydrogens is 216 g/mol. The van der Waals surface area contributed by atoms with E-state index in [0.717, 1.165) is 42.7 Å². The van der Waals surface area contributed by atoms with Crippen LogP contribution in [0.4, 0.5) is 0 Å². The van der Waals surface area contributed by atoms with E-state index < -0.39 is 0 Å². The number of nitrogens with zero attached hydrogens (tertiary/aromatic N) is 1. The van der Waals surface area contributed by atoms with Gasteiger partial charge in [-0.1, -0.05) is 0 Å². The van der Waals surface area contributed by atoms with Crippen LogP contribution >= 0.6 is 0 Å². The van der Waals surface area contributed by atoms with Gasteiger partial charge in [-0.2, -0.15) is 0 Å². The molecule has 1 fully saturated rings. The molecule has 1 amide bonds. The van der Waals surface area contributed by atoms with Crippen LogP contribution in [0.5, 0.6) is 0 Å². The molecular formula is C13H14N2O2. The molecule has 1 N–H and O–H groups in total. The normalized spacial score (nSPS) is 16.4. The zero-order valence-corrected chi connectivity index (χ0v) is 9.48. The summed E-state index contributed by atoms with van der Waals surface area (Å²) in [6, 6.07) is 7.45. The summed E-state index contributed by atoms with van der Waals surface area (Å²) >= 11 is 0. The van der Waals surface area contributed by atoms with Crippen LogP contribution in [0, 0.1) is 0 Å². The molecule has 0 atom stereocenters. The number of fused-ring (bicyclic) bond motifs is 1. The Kier molecular flexibility index (Phi) is 2.57. The van der Waals surface area contributed by atoms with Crippen molar-refractivity contribution in [2.75, 3.05) is 26.2 Å². The molecule has 0 aliphatic carbocycles. The van der Waals surface area contributed by atoms with E-state index in [1.165, 1.54) is 0 Å². The minimum Gasteiger partial charge on any atom is -0.464 e. The molecule has 3 rings (SSSR count). The van der Waals surface area contributed by atoms with Gasteiger partial charge in [0.25, 0.3) is 5.91 Å². The topological polar surface area (TPSA) is 45.5 Å². The van der Waals surface area contributed by atoms with Crippen LogP contribution in [0.3, 0.4) is 0 Å². The van der Waals surface area contributed by atoms with E-state index in [-0.39, 0.29) is 5.91 Å². The Morgan fingerprint density at radius 1 is 1.24 bits per heavy atom. The van der Waals surface area contributed by atoms with Crippen LogP contribution in [0.1, 0.15) is 10.4 Å². The minimum atomic E-state index is 0.106. The fraction of sp³-hybridized carbons (Fsp3) is 0.308. The lowest BCUT2D eigenvalue weighted by molar-refractivity contribution is 0.0736. The van der Waals surface area contributed by atoms with Gasteiger partial charge in [0, 0.05) is 37.1 Å². The van der Waals surface area contributed by atoms with Crippen molar-refractivity contribution in [3.63, 3.8) is 0 Å². The van der Waals surface area contributed by atoms with Crippen molar-refractivity contribution in [3.8, 4) is 0 Å². The second kappa shape index (κ2) is 4.22. The van der Waals surface area contributed by atoms with Crippen LogP contribution in [0.15, 0.2) is 34.9 Å². The fourth-order valence-electron chi connectivity index (χ4n) is 2.15. The molecule has 0 saturated carbocycles. The maximum absolute atomic E-state index is 12.2. The zero-order chi connectivity index (χ0) is 11.7. The number of furan rings is 1. The van der Waals surface area contributed by atoms with E-state index in [9.17, 15) is 4.79 Å². The van der Waals surface area contributed by atoms with Crippen LogP contribution in [-0.4, -0.2) is 37.0 Å². The quantitative estimate of drug-likeness (QED) is 0.807. The number of amides is 1. The van der Waals surface area contributed by atoms with Crippen molar-refractivity contribution in [1.29, 1.82) is 0 Å². The highest BCUT2D eigenvalue weighted by Crippen LogP contribution is 2.18. The minimum absolute atomic E-state index is 0.106. The van der Waals surface area contributed by atoms with E-state index in [0.29, 0.717) is 0 Å². The SMILES string of the molecule is O=C(c1ccc2occc2c1)N1CCNCC1. The maximum Gasteiger partial charge on any atom is 0.253 e. The molecule has 0 spiro atoms. The molecule has 0 radical (unpaired) electrons. The van der Waals surface area contributed by atoms with Gasteiger partial charge in [0.2, 0.25) is 0 Å². The first kappa shape index (κ1) is 10.4. The largest absolute Gasteiger partial charge is 0.464 e. The van der Waals surface area contributed by atoms with Crippen molar-refractivity contribution in [2.45, 2.75) is 0 Å². The molecule has 4 nitrogen and oxygen atoms in total. The Bertz CT molecular complexity index is 541. The third-order valence-corrected chi connectivity index (χ3v) is 3.10. The number of benzene rings is 1. The Labute approximate surface area is 99.2 Å².